The van der Waals surface area contributed by atoms with Crippen molar-refractivity contribution in [2.45, 2.75) is 39.0 Å². The van der Waals surface area contributed by atoms with Gasteiger partial charge >= 0.3 is 13.5 Å². The van der Waals surface area contributed by atoms with E-state index in [0.29, 0.717) is 23.5 Å². The highest BCUT2D eigenvalue weighted by Gasteiger charge is 2.34. The van der Waals surface area contributed by atoms with Crippen molar-refractivity contribution in [3.63, 3.8) is 0 Å². The largest absolute Gasteiger partial charge is 0.462 e. The molecule has 12 heteroatoms. The maximum absolute atomic E-state index is 14.1. The van der Waals surface area contributed by atoms with Crippen LogP contribution in [0.4, 0.5) is 5.82 Å². The second kappa shape index (κ2) is 12.6. The normalized spacial score (nSPS) is 13.8. The third kappa shape index (κ3) is 7.38. The average molecular weight is 539 g/mol. The smallest absolute Gasteiger partial charge is 0.342 e. The Balaban J connectivity index is 1.49. The van der Waals surface area contributed by atoms with Gasteiger partial charge in [-0.15, -0.1) is 0 Å². The zero-order valence-electron chi connectivity index (χ0n) is 21.3. The summed E-state index contributed by atoms with van der Waals surface area (Å²) in [5.41, 5.74) is 7.81. The molecule has 0 radical (unpaired) electrons. The van der Waals surface area contributed by atoms with Crippen molar-refractivity contribution in [3.8, 4) is 5.75 Å². The standard InChI is InChI=1S/C26H31N6O5P/c1-19(2)36-26(33)22(15-20-9-5-3-6-10-20)31-38(34,37-21-11-7-4-8-12-21)18-35-14-13-32-17-30-23-24(27)28-16-29-25(23)32/h3-12,16-17,19,22H,13-15,18H2,1-2H3,(H,31,34)(H2,27,28,29)/t22-,38?/m0/s1. The van der Waals surface area contributed by atoms with Crippen LogP contribution in [0.3, 0.4) is 0 Å². The van der Waals surface area contributed by atoms with Crippen molar-refractivity contribution >= 4 is 30.5 Å². The van der Waals surface area contributed by atoms with Crippen molar-refractivity contribution < 1.29 is 23.4 Å². The van der Waals surface area contributed by atoms with E-state index in [4.69, 9.17) is 19.7 Å². The molecule has 0 spiro atoms. The van der Waals surface area contributed by atoms with Gasteiger partial charge < -0.3 is 24.3 Å². The van der Waals surface area contributed by atoms with Crippen LogP contribution in [-0.4, -0.2) is 50.6 Å². The lowest BCUT2D eigenvalue weighted by Crippen LogP contribution is -2.40. The van der Waals surface area contributed by atoms with Gasteiger partial charge in [0.1, 0.15) is 30.0 Å². The highest BCUT2D eigenvalue weighted by molar-refractivity contribution is 7.57. The molecule has 4 aromatic rings. The van der Waals surface area contributed by atoms with E-state index in [9.17, 15) is 9.36 Å². The molecule has 2 atom stereocenters. The number of rotatable bonds is 13. The Hall–Kier alpha value is -3.79. The van der Waals surface area contributed by atoms with Crippen molar-refractivity contribution in [2.75, 3.05) is 18.7 Å². The zero-order chi connectivity index (χ0) is 27.0. The maximum atomic E-state index is 14.1. The number of fused-ring (bicyclic) bond motifs is 1. The van der Waals surface area contributed by atoms with E-state index in [2.05, 4.69) is 20.0 Å². The lowest BCUT2D eigenvalue weighted by Gasteiger charge is -2.26. The van der Waals surface area contributed by atoms with E-state index in [1.807, 2.05) is 36.4 Å². The number of nitrogens with zero attached hydrogens (tertiary/aromatic N) is 4. The number of esters is 1. The van der Waals surface area contributed by atoms with E-state index in [1.165, 1.54) is 6.33 Å². The van der Waals surface area contributed by atoms with Crippen LogP contribution >= 0.6 is 7.52 Å². The number of imidazole rings is 1. The van der Waals surface area contributed by atoms with Gasteiger partial charge in [0, 0.05) is 6.54 Å². The van der Waals surface area contributed by atoms with E-state index in [-0.39, 0.29) is 31.3 Å². The third-order valence-electron chi connectivity index (χ3n) is 5.43. The second-order valence-corrected chi connectivity index (χ2v) is 10.9. The molecule has 0 aliphatic heterocycles. The number of aromatic nitrogens is 4. The summed E-state index contributed by atoms with van der Waals surface area (Å²) in [4.78, 5) is 25.4. The molecule has 0 amide bonds. The number of ether oxygens (including phenoxy) is 2. The summed E-state index contributed by atoms with van der Waals surface area (Å²) in [5, 5.41) is 2.94. The van der Waals surface area contributed by atoms with Crippen molar-refractivity contribution in [1.82, 2.24) is 24.6 Å². The molecule has 3 N–H and O–H groups in total. The Morgan fingerprint density at radius 2 is 1.76 bits per heavy atom. The summed E-state index contributed by atoms with van der Waals surface area (Å²) >= 11 is 0. The molecule has 0 aliphatic rings. The number of anilines is 1. The average Bonchev–Trinajstić information content (AvgIpc) is 3.31. The SMILES string of the molecule is CC(C)OC(=O)[C@H](Cc1ccccc1)NP(=O)(COCCn1cnc2c(N)ncnc21)Oc1ccccc1. The minimum Gasteiger partial charge on any atom is -0.462 e. The van der Waals surface area contributed by atoms with Crippen LogP contribution in [0.1, 0.15) is 19.4 Å². The molecule has 2 heterocycles. The topological polar surface area (TPSA) is 143 Å². The van der Waals surface area contributed by atoms with Crippen molar-refractivity contribution in [3.05, 3.63) is 78.9 Å². The molecule has 0 saturated carbocycles. The number of hydrogen-bond acceptors (Lipinski definition) is 9. The molecule has 0 aliphatic carbocycles. The molecule has 0 bridgehead atoms. The van der Waals surface area contributed by atoms with Crippen LogP contribution in [-0.2, 0) is 31.8 Å². The maximum Gasteiger partial charge on any atom is 0.342 e. The van der Waals surface area contributed by atoms with E-state index in [0.717, 1.165) is 5.56 Å². The highest BCUT2D eigenvalue weighted by Crippen LogP contribution is 2.44. The third-order valence-corrected chi connectivity index (χ3v) is 7.17. The minimum atomic E-state index is -3.74. The Kier molecular flexibility index (Phi) is 9.06. The predicted octanol–water partition coefficient (Wildman–Crippen LogP) is 3.81. The van der Waals surface area contributed by atoms with Crippen molar-refractivity contribution in [1.29, 1.82) is 0 Å². The van der Waals surface area contributed by atoms with Gasteiger partial charge in [0.2, 0.25) is 0 Å². The summed E-state index contributed by atoms with van der Waals surface area (Å²) in [7, 11) is -3.74. The molecule has 1 unspecified atom stereocenters. The lowest BCUT2D eigenvalue weighted by molar-refractivity contribution is -0.149. The fourth-order valence-electron chi connectivity index (χ4n) is 3.73. The first-order valence-electron chi connectivity index (χ1n) is 12.2. The molecular weight excluding hydrogens is 507 g/mol. The quantitative estimate of drug-likeness (QED) is 0.146. The van der Waals surface area contributed by atoms with Gasteiger partial charge in [-0.05, 0) is 38.0 Å². The monoisotopic (exact) mass is 538 g/mol. The molecule has 11 nitrogen and oxygen atoms in total. The van der Waals surface area contributed by atoms with Crippen LogP contribution in [0.5, 0.6) is 5.75 Å². The number of nitrogens with one attached hydrogen (secondary N) is 1. The second-order valence-electron chi connectivity index (χ2n) is 8.84. The molecular formula is C26H31N6O5P. The van der Waals surface area contributed by atoms with Gasteiger partial charge in [0.05, 0.1) is 19.0 Å². The Bertz CT molecular complexity index is 1380. The van der Waals surface area contributed by atoms with Crippen LogP contribution in [0, 0.1) is 0 Å². The zero-order valence-corrected chi connectivity index (χ0v) is 22.2. The minimum absolute atomic E-state index is 0.180. The number of carbonyl (C=O) groups is 1. The summed E-state index contributed by atoms with van der Waals surface area (Å²) in [6.45, 7) is 4.08. The molecule has 0 saturated heterocycles. The Morgan fingerprint density at radius 1 is 1.05 bits per heavy atom. The number of benzene rings is 2. The van der Waals surface area contributed by atoms with Crippen LogP contribution < -0.4 is 15.3 Å². The highest BCUT2D eigenvalue weighted by atomic mass is 31.2. The van der Waals surface area contributed by atoms with Crippen LogP contribution in [0.2, 0.25) is 0 Å². The predicted molar refractivity (Wildman–Crippen MR) is 144 cm³/mol. The summed E-state index contributed by atoms with van der Waals surface area (Å²) in [6, 6.07) is 17.2. The van der Waals surface area contributed by atoms with Crippen LogP contribution in [0.15, 0.2) is 73.3 Å². The van der Waals surface area contributed by atoms with Crippen LogP contribution in [0.25, 0.3) is 11.2 Å². The van der Waals surface area contributed by atoms with Gasteiger partial charge in [0.15, 0.2) is 11.5 Å². The van der Waals surface area contributed by atoms with Gasteiger partial charge in [0.25, 0.3) is 0 Å². The summed E-state index contributed by atoms with van der Waals surface area (Å²) in [6.07, 6.45) is 2.60. The first kappa shape index (κ1) is 27.3. The fraction of sp³-hybridized carbons (Fsp3) is 0.308. The van der Waals surface area contributed by atoms with Gasteiger partial charge in [-0.3, -0.25) is 9.36 Å². The molecule has 38 heavy (non-hydrogen) atoms. The number of para-hydroxylation sites is 1. The van der Waals surface area contributed by atoms with E-state index < -0.39 is 19.5 Å². The molecule has 4 rings (SSSR count). The molecule has 2 aromatic heterocycles. The molecule has 200 valence electrons. The number of hydrogen-bond donors (Lipinski definition) is 2. The number of carbonyl (C=O) groups excluding carboxylic acids is 1. The van der Waals surface area contributed by atoms with E-state index in [1.54, 1.807) is 49.0 Å². The van der Waals surface area contributed by atoms with Gasteiger partial charge in [-0.25, -0.2) is 20.0 Å². The first-order chi connectivity index (χ1) is 18.3. The van der Waals surface area contributed by atoms with Gasteiger partial charge in [-0.1, -0.05) is 48.5 Å². The summed E-state index contributed by atoms with van der Waals surface area (Å²) in [5.74, 6) is 0.149. The summed E-state index contributed by atoms with van der Waals surface area (Å²) < 4.78 is 33.0. The first-order valence-corrected chi connectivity index (χ1v) is 14.0. The molecule has 2 aromatic carbocycles. The lowest BCUT2D eigenvalue weighted by atomic mass is 10.1. The molecule has 0 fully saturated rings. The van der Waals surface area contributed by atoms with E-state index >= 15 is 0 Å². The van der Waals surface area contributed by atoms with Crippen molar-refractivity contribution in [2.24, 2.45) is 0 Å². The fourth-order valence-corrected chi connectivity index (χ4v) is 5.42. The number of nitrogens with two attached hydrogens (primary N) is 1. The van der Waals surface area contributed by atoms with Gasteiger partial charge in [-0.2, -0.15) is 0 Å². The number of nitrogen functional groups attached to an aromatic ring is 1. The Morgan fingerprint density at radius 3 is 2.47 bits per heavy atom. The Labute approximate surface area is 220 Å².